The maximum absolute atomic E-state index is 6.21. The van der Waals surface area contributed by atoms with Crippen molar-refractivity contribution in [1.29, 1.82) is 0 Å². The smallest absolute Gasteiger partial charge is 0.135 e. The van der Waals surface area contributed by atoms with E-state index in [1.165, 1.54) is 88.0 Å². The molecular formula is C51H34O. The van der Waals surface area contributed by atoms with Gasteiger partial charge in [-0.05, 0) is 118 Å². The number of furan rings is 1. The molecule has 10 aromatic rings. The Balaban J connectivity index is 1.09. The van der Waals surface area contributed by atoms with Crippen LogP contribution in [-0.4, -0.2) is 0 Å². The maximum atomic E-state index is 6.21. The molecule has 0 unspecified atom stereocenters. The van der Waals surface area contributed by atoms with Gasteiger partial charge in [-0.15, -0.1) is 0 Å². The molecule has 1 heteroatoms. The predicted molar refractivity (Wildman–Crippen MR) is 220 cm³/mol. The fourth-order valence-corrected chi connectivity index (χ4v) is 9.27. The number of benzene rings is 9. The number of para-hydroxylation sites is 1. The van der Waals surface area contributed by atoms with Crippen LogP contribution in [0.4, 0.5) is 0 Å². The largest absolute Gasteiger partial charge is 0.456 e. The fourth-order valence-electron chi connectivity index (χ4n) is 9.27. The minimum absolute atomic E-state index is 0.104. The molecule has 0 spiro atoms. The summed E-state index contributed by atoms with van der Waals surface area (Å²) in [6.45, 7) is 4.77. The molecule has 1 aliphatic carbocycles. The molecule has 1 nitrogen and oxygen atoms in total. The summed E-state index contributed by atoms with van der Waals surface area (Å²) < 4.78 is 6.21. The summed E-state index contributed by atoms with van der Waals surface area (Å²) in [4.78, 5) is 0. The van der Waals surface area contributed by atoms with Crippen LogP contribution in [0, 0.1) is 0 Å². The highest BCUT2D eigenvalue weighted by molar-refractivity contribution is 6.22. The van der Waals surface area contributed by atoms with Crippen LogP contribution in [0.15, 0.2) is 174 Å². The molecule has 0 N–H and O–H groups in total. The Hall–Kier alpha value is -6.44. The fraction of sp³-hybridized carbons (Fsp3) is 0.0588. The molecule has 11 rings (SSSR count). The van der Waals surface area contributed by atoms with E-state index >= 15 is 0 Å². The van der Waals surface area contributed by atoms with Gasteiger partial charge in [-0.1, -0.05) is 153 Å². The summed E-state index contributed by atoms with van der Waals surface area (Å²) in [5.74, 6) is 0. The van der Waals surface area contributed by atoms with Crippen molar-refractivity contribution in [1.82, 2.24) is 0 Å². The first-order valence-electron chi connectivity index (χ1n) is 18.2. The Labute approximate surface area is 302 Å². The Morgan fingerprint density at radius 3 is 1.63 bits per heavy atom. The van der Waals surface area contributed by atoms with E-state index in [0.29, 0.717) is 0 Å². The summed E-state index contributed by atoms with van der Waals surface area (Å²) >= 11 is 0. The molecule has 0 radical (unpaired) electrons. The molecule has 0 fully saturated rings. The molecule has 0 aliphatic heterocycles. The predicted octanol–water partition coefficient (Wildman–Crippen LogP) is 14.4. The highest BCUT2D eigenvalue weighted by Gasteiger charge is 2.37. The van der Waals surface area contributed by atoms with Crippen molar-refractivity contribution < 1.29 is 4.42 Å². The summed E-state index contributed by atoms with van der Waals surface area (Å²) in [7, 11) is 0. The van der Waals surface area contributed by atoms with E-state index in [-0.39, 0.29) is 5.41 Å². The lowest BCUT2D eigenvalue weighted by atomic mass is 9.79. The minimum atomic E-state index is -0.104. The van der Waals surface area contributed by atoms with Gasteiger partial charge in [0, 0.05) is 16.2 Å². The normalized spacial score (nSPS) is 13.3. The van der Waals surface area contributed by atoms with Gasteiger partial charge in [0.15, 0.2) is 0 Å². The second-order valence-corrected chi connectivity index (χ2v) is 14.8. The second kappa shape index (κ2) is 10.8. The van der Waals surface area contributed by atoms with Crippen LogP contribution in [0.1, 0.15) is 25.0 Å². The Bertz CT molecular complexity index is 3040. The lowest BCUT2D eigenvalue weighted by molar-refractivity contribution is 0.666. The van der Waals surface area contributed by atoms with E-state index in [0.717, 1.165) is 21.9 Å². The van der Waals surface area contributed by atoms with E-state index < -0.39 is 0 Å². The van der Waals surface area contributed by atoms with Crippen molar-refractivity contribution in [2.24, 2.45) is 0 Å². The topological polar surface area (TPSA) is 13.1 Å². The SMILES string of the molecule is CC1(C)c2cc(-c3cccc(-c4c5ccccc5c(-c5ccc6oc7ccccc7c6c5)c5ccccc45)c3)ccc2-c2ccc3ccccc3c21. The highest BCUT2D eigenvalue weighted by Crippen LogP contribution is 2.52. The molecule has 0 saturated heterocycles. The molecule has 52 heavy (non-hydrogen) atoms. The van der Waals surface area contributed by atoms with Crippen LogP contribution >= 0.6 is 0 Å². The molecular weight excluding hydrogens is 629 g/mol. The van der Waals surface area contributed by atoms with Crippen LogP contribution in [-0.2, 0) is 5.41 Å². The number of fused-ring (bicyclic) bond motifs is 10. The van der Waals surface area contributed by atoms with Crippen LogP contribution in [0.25, 0.3) is 98.8 Å². The highest BCUT2D eigenvalue weighted by atomic mass is 16.3. The Morgan fingerprint density at radius 2 is 0.904 bits per heavy atom. The second-order valence-electron chi connectivity index (χ2n) is 14.8. The zero-order valence-electron chi connectivity index (χ0n) is 29.1. The standard InChI is InChI=1S/C51H34O/c1-51(2)45-30-33(23-25-37(45)43-26-22-31-12-3-4-15-36(31)50(43)51)32-13-11-14-34(28-32)48-39-17-5-7-19-41(39)49(42-20-8-6-18-40(42)48)35-24-27-47-44(29-35)38-16-9-10-21-46(38)52-47/h3-30H,1-2H3. The Kier molecular flexibility index (Phi) is 6.08. The molecule has 1 aliphatic rings. The van der Waals surface area contributed by atoms with E-state index in [1.807, 2.05) is 12.1 Å². The third kappa shape index (κ3) is 4.11. The van der Waals surface area contributed by atoms with Gasteiger partial charge in [0.1, 0.15) is 11.2 Å². The molecule has 1 aromatic heterocycles. The monoisotopic (exact) mass is 662 g/mol. The van der Waals surface area contributed by atoms with Gasteiger partial charge >= 0.3 is 0 Å². The van der Waals surface area contributed by atoms with Crippen molar-refractivity contribution >= 4 is 54.3 Å². The maximum Gasteiger partial charge on any atom is 0.135 e. The van der Waals surface area contributed by atoms with E-state index in [2.05, 4.69) is 172 Å². The summed E-state index contributed by atoms with van der Waals surface area (Å²) in [5.41, 5.74) is 14.7. The molecule has 9 aromatic carbocycles. The minimum Gasteiger partial charge on any atom is -0.456 e. The summed E-state index contributed by atoms with van der Waals surface area (Å²) in [5, 5.41) is 9.95. The lowest BCUT2D eigenvalue weighted by Crippen LogP contribution is -2.15. The van der Waals surface area contributed by atoms with Crippen molar-refractivity contribution in [3.05, 3.63) is 181 Å². The van der Waals surface area contributed by atoms with Crippen LogP contribution < -0.4 is 0 Å². The molecule has 0 bridgehead atoms. The number of hydrogen-bond acceptors (Lipinski definition) is 1. The Morgan fingerprint density at radius 1 is 0.365 bits per heavy atom. The first kappa shape index (κ1) is 29.3. The van der Waals surface area contributed by atoms with Gasteiger partial charge in [0.2, 0.25) is 0 Å². The van der Waals surface area contributed by atoms with Gasteiger partial charge in [-0.2, -0.15) is 0 Å². The zero-order chi connectivity index (χ0) is 34.6. The zero-order valence-corrected chi connectivity index (χ0v) is 29.1. The van der Waals surface area contributed by atoms with Gasteiger partial charge in [-0.25, -0.2) is 0 Å². The average Bonchev–Trinajstić information content (AvgIpc) is 3.68. The quantitative estimate of drug-likeness (QED) is 0.172. The van der Waals surface area contributed by atoms with E-state index in [9.17, 15) is 0 Å². The van der Waals surface area contributed by atoms with Crippen molar-refractivity contribution in [2.45, 2.75) is 19.3 Å². The van der Waals surface area contributed by atoms with Gasteiger partial charge in [0.25, 0.3) is 0 Å². The first-order chi connectivity index (χ1) is 25.5. The molecule has 1 heterocycles. The van der Waals surface area contributed by atoms with E-state index in [1.54, 1.807) is 0 Å². The van der Waals surface area contributed by atoms with Crippen molar-refractivity contribution in [3.8, 4) is 44.5 Å². The lowest BCUT2D eigenvalue weighted by Gasteiger charge is -2.23. The first-order valence-corrected chi connectivity index (χ1v) is 18.2. The third-order valence-corrected chi connectivity index (χ3v) is 11.6. The van der Waals surface area contributed by atoms with Crippen LogP contribution in [0.5, 0.6) is 0 Å². The van der Waals surface area contributed by atoms with Crippen molar-refractivity contribution in [2.75, 3.05) is 0 Å². The summed E-state index contributed by atoms with van der Waals surface area (Å²) in [6, 6.07) is 62.5. The summed E-state index contributed by atoms with van der Waals surface area (Å²) in [6.07, 6.45) is 0. The van der Waals surface area contributed by atoms with Crippen LogP contribution in [0.3, 0.4) is 0 Å². The molecule has 0 amide bonds. The average molecular weight is 663 g/mol. The van der Waals surface area contributed by atoms with Gasteiger partial charge in [-0.3, -0.25) is 0 Å². The van der Waals surface area contributed by atoms with Crippen molar-refractivity contribution in [3.63, 3.8) is 0 Å². The number of rotatable bonds is 3. The molecule has 0 atom stereocenters. The molecule has 0 saturated carbocycles. The van der Waals surface area contributed by atoms with Gasteiger partial charge in [0.05, 0.1) is 0 Å². The van der Waals surface area contributed by atoms with E-state index in [4.69, 9.17) is 4.42 Å². The molecule has 244 valence electrons. The van der Waals surface area contributed by atoms with Crippen LogP contribution in [0.2, 0.25) is 0 Å². The van der Waals surface area contributed by atoms with Gasteiger partial charge < -0.3 is 4.42 Å². The third-order valence-electron chi connectivity index (χ3n) is 11.6. The number of hydrogen-bond donors (Lipinski definition) is 0.